The summed E-state index contributed by atoms with van der Waals surface area (Å²) in [5.41, 5.74) is 2.22. The molecule has 0 unspecified atom stereocenters. The Labute approximate surface area is 164 Å². The van der Waals surface area contributed by atoms with Crippen molar-refractivity contribution in [2.75, 3.05) is 12.4 Å². The molecule has 6 heteroatoms. The number of aromatic nitrogens is 2. The second kappa shape index (κ2) is 6.53. The predicted octanol–water partition coefficient (Wildman–Crippen LogP) is 5.02. The fourth-order valence-electron chi connectivity index (χ4n) is 4.40. The molecule has 2 aromatic heterocycles. The van der Waals surface area contributed by atoms with Crippen molar-refractivity contribution in [2.24, 2.45) is 0 Å². The third-order valence-electron chi connectivity index (χ3n) is 5.07. The summed E-state index contributed by atoms with van der Waals surface area (Å²) in [6, 6.07) is 10.7. The van der Waals surface area contributed by atoms with Crippen molar-refractivity contribution in [2.45, 2.75) is 57.7 Å². The van der Waals surface area contributed by atoms with Crippen molar-refractivity contribution >= 4 is 27.4 Å². The van der Waals surface area contributed by atoms with Gasteiger partial charge in [-0.3, -0.25) is 0 Å². The number of imidazole rings is 1. The molecule has 1 saturated heterocycles. The van der Waals surface area contributed by atoms with Gasteiger partial charge in [0, 0.05) is 23.2 Å². The molecule has 1 aliphatic heterocycles. The van der Waals surface area contributed by atoms with Gasteiger partial charge < -0.3 is 20.4 Å². The van der Waals surface area contributed by atoms with E-state index in [0.717, 1.165) is 40.3 Å². The second-order valence-electron chi connectivity index (χ2n) is 8.77. The number of H-pyrrole nitrogens is 1. The average molecular weight is 385 g/mol. The fraction of sp³-hybridized carbons (Fsp3) is 0.476. The van der Waals surface area contributed by atoms with Crippen LogP contribution in [-0.2, 0) is 0 Å². The maximum atomic E-state index is 5.30. The Bertz CT molecular complexity index is 940. The molecule has 0 radical (unpaired) electrons. The van der Waals surface area contributed by atoms with Gasteiger partial charge in [-0.25, -0.2) is 4.98 Å². The second-order valence-corrected chi connectivity index (χ2v) is 9.86. The Morgan fingerprint density at radius 1 is 1.11 bits per heavy atom. The number of thiophene rings is 1. The number of aromatic amines is 1. The Morgan fingerprint density at radius 2 is 1.85 bits per heavy atom. The van der Waals surface area contributed by atoms with E-state index in [1.165, 1.54) is 5.00 Å². The maximum Gasteiger partial charge on any atom is 0.148 e. The number of methoxy groups -OCH3 is 1. The molecular formula is C21H28N4OS. The molecule has 144 valence electrons. The molecule has 3 N–H and O–H groups in total. The number of fused-ring (bicyclic) bond motifs is 1. The fourth-order valence-corrected chi connectivity index (χ4v) is 5.33. The van der Waals surface area contributed by atoms with Crippen LogP contribution >= 0.6 is 11.3 Å². The lowest BCUT2D eigenvalue weighted by Gasteiger charge is -2.46. The largest absolute Gasteiger partial charge is 0.497 e. The van der Waals surface area contributed by atoms with Gasteiger partial charge in [0.05, 0.1) is 28.0 Å². The van der Waals surface area contributed by atoms with Gasteiger partial charge in [-0.2, -0.15) is 0 Å². The summed E-state index contributed by atoms with van der Waals surface area (Å²) >= 11 is 1.75. The van der Waals surface area contributed by atoms with Crippen molar-refractivity contribution in [1.82, 2.24) is 15.3 Å². The van der Waals surface area contributed by atoms with Crippen LogP contribution in [0.25, 0.3) is 21.7 Å². The van der Waals surface area contributed by atoms with E-state index >= 15 is 0 Å². The minimum Gasteiger partial charge on any atom is -0.497 e. The zero-order chi connectivity index (χ0) is 19.2. The molecule has 0 atom stereocenters. The first-order valence-corrected chi connectivity index (χ1v) is 10.2. The first-order chi connectivity index (χ1) is 12.7. The number of hydrogen-bond donors (Lipinski definition) is 3. The summed E-state index contributed by atoms with van der Waals surface area (Å²) in [5.74, 6) is 1.74. The van der Waals surface area contributed by atoms with Gasteiger partial charge in [-0.1, -0.05) is 0 Å². The Kier molecular flexibility index (Phi) is 4.43. The van der Waals surface area contributed by atoms with E-state index in [0.29, 0.717) is 6.04 Å². The van der Waals surface area contributed by atoms with Crippen molar-refractivity contribution in [3.05, 3.63) is 30.3 Å². The molecule has 1 aromatic carbocycles. The molecule has 0 saturated carbocycles. The molecule has 0 bridgehead atoms. The van der Waals surface area contributed by atoms with Gasteiger partial charge >= 0.3 is 0 Å². The smallest absolute Gasteiger partial charge is 0.148 e. The van der Waals surface area contributed by atoms with Crippen LogP contribution in [0.3, 0.4) is 0 Å². The number of hydrogen-bond acceptors (Lipinski definition) is 5. The van der Waals surface area contributed by atoms with Crippen LogP contribution in [0.4, 0.5) is 5.00 Å². The van der Waals surface area contributed by atoms with Crippen LogP contribution in [0.15, 0.2) is 30.3 Å². The number of nitrogens with zero attached hydrogens (tertiary/aromatic N) is 1. The quantitative estimate of drug-likeness (QED) is 0.591. The van der Waals surface area contributed by atoms with E-state index in [1.807, 2.05) is 18.2 Å². The average Bonchev–Trinajstić information content (AvgIpc) is 3.17. The first kappa shape index (κ1) is 18.3. The number of piperidine rings is 1. The standard InChI is InChI=1S/C21H28N4OS/c1-20(2)11-13(12-21(3,4)25-20)22-18-9-8-17(27-18)19-23-15-7-6-14(26-5)10-16(15)24-19/h6-10,13,22,25H,11-12H2,1-5H3,(H,23,24). The van der Waals surface area contributed by atoms with Gasteiger partial charge in [0.15, 0.2) is 0 Å². The van der Waals surface area contributed by atoms with E-state index in [-0.39, 0.29) is 11.1 Å². The van der Waals surface area contributed by atoms with Gasteiger partial charge in [-0.15, -0.1) is 11.3 Å². The first-order valence-electron chi connectivity index (χ1n) is 9.43. The number of anilines is 1. The molecule has 3 aromatic rings. The normalized spacial score (nSPS) is 19.3. The van der Waals surface area contributed by atoms with Crippen LogP contribution in [0.5, 0.6) is 5.75 Å². The highest BCUT2D eigenvalue weighted by Gasteiger charge is 2.37. The highest BCUT2D eigenvalue weighted by molar-refractivity contribution is 7.19. The molecule has 3 heterocycles. The molecule has 0 aliphatic carbocycles. The summed E-state index contributed by atoms with van der Waals surface area (Å²) in [6.07, 6.45) is 2.21. The van der Waals surface area contributed by atoms with Crippen molar-refractivity contribution < 1.29 is 4.74 Å². The molecule has 0 amide bonds. The summed E-state index contributed by atoms with van der Waals surface area (Å²) in [7, 11) is 1.68. The molecule has 4 rings (SSSR count). The van der Waals surface area contributed by atoms with E-state index in [4.69, 9.17) is 9.72 Å². The molecular weight excluding hydrogens is 356 g/mol. The maximum absolute atomic E-state index is 5.30. The zero-order valence-electron chi connectivity index (χ0n) is 16.6. The minimum absolute atomic E-state index is 0.136. The van der Waals surface area contributed by atoms with Crippen LogP contribution in [-0.4, -0.2) is 34.2 Å². The van der Waals surface area contributed by atoms with E-state index in [9.17, 15) is 0 Å². The Morgan fingerprint density at radius 3 is 2.56 bits per heavy atom. The van der Waals surface area contributed by atoms with Crippen molar-refractivity contribution in [3.8, 4) is 16.5 Å². The minimum atomic E-state index is 0.136. The third kappa shape index (κ3) is 3.96. The SMILES string of the molecule is COc1ccc2nc(-c3ccc(NC4CC(C)(C)NC(C)(C)C4)s3)[nH]c2c1. The third-order valence-corrected chi connectivity index (χ3v) is 6.09. The highest BCUT2D eigenvalue weighted by atomic mass is 32.1. The molecule has 5 nitrogen and oxygen atoms in total. The summed E-state index contributed by atoms with van der Waals surface area (Å²) < 4.78 is 5.30. The van der Waals surface area contributed by atoms with E-state index in [1.54, 1.807) is 18.4 Å². The van der Waals surface area contributed by atoms with Gasteiger partial charge in [-0.05, 0) is 64.8 Å². The number of benzene rings is 1. The summed E-state index contributed by atoms with van der Waals surface area (Å²) in [4.78, 5) is 9.28. The van der Waals surface area contributed by atoms with Crippen LogP contribution in [0, 0.1) is 0 Å². The van der Waals surface area contributed by atoms with Crippen molar-refractivity contribution in [1.29, 1.82) is 0 Å². The lowest BCUT2D eigenvalue weighted by Crippen LogP contribution is -2.60. The Hall–Kier alpha value is -2.05. The van der Waals surface area contributed by atoms with Gasteiger partial charge in [0.25, 0.3) is 0 Å². The zero-order valence-corrected chi connectivity index (χ0v) is 17.5. The lowest BCUT2D eigenvalue weighted by molar-refractivity contribution is 0.171. The molecule has 0 spiro atoms. The topological polar surface area (TPSA) is 62.0 Å². The predicted molar refractivity (Wildman–Crippen MR) is 114 cm³/mol. The highest BCUT2D eigenvalue weighted by Crippen LogP contribution is 2.35. The van der Waals surface area contributed by atoms with Crippen molar-refractivity contribution in [3.63, 3.8) is 0 Å². The molecule has 1 fully saturated rings. The molecule has 27 heavy (non-hydrogen) atoms. The summed E-state index contributed by atoms with van der Waals surface area (Å²) in [5, 5.41) is 8.69. The molecule has 1 aliphatic rings. The van der Waals surface area contributed by atoms with E-state index < -0.39 is 0 Å². The van der Waals surface area contributed by atoms with Gasteiger partial charge in [0.2, 0.25) is 0 Å². The van der Waals surface area contributed by atoms with E-state index in [2.05, 4.69) is 55.4 Å². The monoisotopic (exact) mass is 384 g/mol. The van der Waals surface area contributed by atoms with Crippen LogP contribution < -0.4 is 15.4 Å². The number of ether oxygens (including phenoxy) is 1. The number of rotatable bonds is 4. The van der Waals surface area contributed by atoms with Gasteiger partial charge in [0.1, 0.15) is 11.6 Å². The lowest BCUT2D eigenvalue weighted by atomic mass is 9.80. The van der Waals surface area contributed by atoms with Crippen LogP contribution in [0.2, 0.25) is 0 Å². The van der Waals surface area contributed by atoms with Crippen LogP contribution in [0.1, 0.15) is 40.5 Å². The Balaban J connectivity index is 1.53. The summed E-state index contributed by atoms with van der Waals surface area (Å²) in [6.45, 7) is 9.13. The number of nitrogens with one attached hydrogen (secondary N) is 3.